The van der Waals surface area contributed by atoms with Gasteiger partial charge in [0.2, 0.25) is 0 Å². The summed E-state index contributed by atoms with van der Waals surface area (Å²) in [5.41, 5.74) is -0.509. The Morgan fingerprint density at radius 3 is 2.69 bits per heavy atom. The molecule has 0 atom stereocenters. The van der Waals surface area contributed by atoms with Gasteiger partial charge in [0.15, 0.2) is 11.5 Å². The van der Waals surface area contributed by atoms with Crippen molar-refractivity contribution in [3.8, 4) is 23.3 Å². The first-order chi connectivity index (χ1) is 14.0. The fourth-order valence-electron chi connectivity index (χ4n) is 2.53. The number of para-hydroxylation sites is 2. The Bertz CT molecular complexity index is 1190. The van der Waals surface area contributed by atoms with Crippen LogP contribution in [0.2, 0.25) is 0 Å². The molecule has 0 unspecified atom stereocenters. The highest BCUT2D eigenvalue weighted by atomic mass is 19.1. The zero-order chi connectivity index (χ0) is 20.6. The van der Waals surface area contributed by atoms with Gasteiger partial charge >= 0.3 is 5.69 Å². The van der Waals surface area contributed by atoms with Gasteiger partial charge in [0, 0.05) is 24.4 Å². The van der Waals surface area contributed by atoms with Gasteiger partial charge in [-0.2, -0.15) is 5.26 Å². The summed E-state index contributed by atoms with van der Waals surface area (Å²) in [4.78, 5) is 25.0. The summed E-state index contributed by atoms with van der Waals surface area (Å²) in [6.45, 7) is 0.360. The van der Waals surface area contributed by atoms with Crippen LogP contribution < -0.4 is 20.7 Å². The van der Waals surface area contributed by atoms with E-state index in [4.69, 9.17) is 14.7 Å². The molecular weight excluding hydrogens is 377 g/mol. The molecule has 29 heavy (non-hydrogen) atoms. The van der Waals surface area contributed by atoms with Crippen LogP contribution in [0.1, 0.15) is 5.56 Å². The van der Waals surface area contributed by atoms with Crippen molar-refractivity contribution < 1.29 is 13.9 Å². The SMILES string of the molecule is N#C/C=C/c1cc(F)cc(Oc2ccccc2OCCn2ccc(=O)[nH]c2=O)c1. The van der Waals surface area contributed by atoms with Crippen LogP contribution in [0.5, 0.6) is 17.2 Å². The van der Waals surface area contributed by atoms with Crippen LogP contribution in [0.3, 0.4) is 0 Å². The second kappa shape index (κ2) is 9.19. The van der Waals surface area contributed by atoms with Gasteiger partial charge in [0.1, 0.15) is 18.2 Å². The molecule has 0 radical (unpaired) electrons. The Balaban J connectivity index is 1.73. The Morgan fingerprint density at radius 2 is 1.93 bits per heavy atom. The molecular formula is C21H16FN3O4. The lowest BCUT2D eigenvalue weighted by atomic mass is 10.2. The number of ether oxygens (including phenoxy) is 2. The molecule has 0 bridgehead atoms. The first-order valence-corrected chi connectivity index (χ1v) is 8.61. The van der Waals surface area contributed by atoms with Crippen LogP contribution in [-0.4, -0.2) is 16.2 Å². The lowest BCUT2D eigenvalue weighted by Gasteiger charge is -2.13. The molecule has 1 heterocycles. The van der Waals surface area contributed by atoms with Crippen molar-refractivity contribution in [2.75, 3.05) is 6.61 Å². The van der Waals surface area contributed by atoms with Crippen LogP contribution in [0.15, 0.2) is 70.4 Å². The summed E-state index contributed by atoms with van der Waals surface area (Å²) < 4.78 is 26.6. The van der Waals surface area contributed by atoms with Crippen molar-refractivity contribution in [3.63, 3.8) is 0 Å². The number of hydrogen-bond acceptors (Lipinski definition) is 5. The average Bonchev–Trinajstić information content (AvgIpc) is 2.69. The van der Waals surface area contributed by atoms with E-state index in [0.29, 0.717) is 17.1 Å². The summed E-state index contributed by atoms with van der Waals surface area (Å²) in [5, 5.41) is 8.62. The summed E-state index contributed by atoms with van der Waals surface area (Å²) >= 11 is 0. The van der Waals surface area contributed by atoms with E-state index in [2.05, 4.69) is 4.98 Å². The third-order valence-corrected chi connectivity index (χ3v) is 3.81. The Morgan fingerprint density at radius 1 is 1.14 bits per heavy atom. The van der Waals surface area contributed by atoms with Crippen molar-refractivity contribution in [2.45, 2.75) is 6.54 Å². The molecule has 0 spiro atoms. The molecule has 1 aromatic heterocycles. The maximum Gasteiger partial charge on any atom is 0.328 e. The minimum Gasteiger partial charge on any atom is -0.488 e. The zero-order valence-electron chi connectivity index (χ0n) is 15.2. The van der Waals surface area contributed by atoms with Crippen molar-refractivity contribution in [2.24, 2.45) is 0 Å². The molecule has 0 aliphatic carbocycles. The number of aromatic nitrogens is 2. The molecule has 2 aromatic carbocycles. The fraction of sp³-hybridized carbons (Fsp3) is 0.0952. The molecule has 0 saturated heterocycles. The number of nitrogens with zero attached hydrogens (tertiary/aromatic N) is 2. The highest BCUT2D eigenvalue weighted by Gasteiger charge is 2.08. The highest BCUT2D eigenvalue weighted by Crippen LogP contribution is 2.32. The summed E-state index contributed by atoms with van der Waals surface area (Å²) in [7, 11) is 0. The monoisotopic (exact) mass is 393 g/mol. The summed E-state index contributed by atoms with van der Waals surface area (Å²) in [6.07, 6.45) is 4.10. The second-order valence-electron chi connectivity index (χ2n) is 5.88. The number of hydrogen-bond donors (Lipinski definition) is 1. The molecule has 0 aliphatic rings. The third-order valence-electron chi connectivity index (χ3n) is 3.81. The minimum atomic E-state index is -0.525. The van der Waals surface area contributed by atoms with E-state index in [9.17, 15) is 14.0 Å². The number of benzene rings is 2. The standard InChI is InChI=1S/C21H16FN3O4/c22-16-12-15(4-3-8-23)13-17(14-16)29-19-6-2-1-5-18(19)28-11-10-25-9-7-20(26)24-21(25)27/h1-7,9,12-14H,10-11H2,(H,24,26,27)/b4-3+. The predicted molar refractivity (Wildman–Crippen MR) is 104 cm³/mol. The fourth-order valence-corrected chi connectivity index (χ4v) is 2.53. The topological polar surface area (TPSA) is 97.1 Å². The van der Waals surface area contributed by atoms with E-state index in [-0.39, 0.29) is 18.9 Å². The van der Waals surface area contributed by atoms with Crippen molar-refractivity contribution in [3.05, 3.63) is 93.0 Å². The second-order valence-corrected chi connectivity index (χ2v) is 5.88. The number of aromatic amines is 1. The van der Waals surface area contributed by atoms with Gasteiger partial charge in [-0.3, -0.25) is 14.3 Å². The van der Waals surface area contributed by atoms with E-state index in [0.717, 1.165) is 0 Å². The smallest absolute Gasteiger partial charge is 0.328 e. The predicted octanol–water partition coefficient (Wildman–Crippen LogP) is 3.08. The molecule has 0 fully saturated rings. The van der Waals surface area contributed by atoms with E-state index >= 15 is 0 Å². The minimum absolute atomic E-state index is 0.144. The number of nitriles is 1. The number of H-pyrrole nitrogens is 1. The van der Waals surface area contributed by atoms with Crippen molar-refractivity contribution in [1.29, 1.82) is 5.26 Å². The van der Waals surface area contributed by atoms with Gasteiger partial charge in [0.05, 0.1) is 12.6 Å². The van der Waals surface area contributed by atoms with Crippen LogP contribution in [0.4, 0.5) is 4.39 Å². The van der Waals surface area contributed by atoms with Gasteiger partial charge in [-0.15, -0.1) is 0 Å². The quantitative estimate of drug-likeness (QED) is 0.622. The third kappa shape index (κ3) is 5.43. The van der Waals surface area contributed by atoms with E-state index in [1.165, 1.54) is 41.1 Å². The van der Waals surface area contributed by atoms with Crippen LogP contribution in [0.25, 0.3) is 6.08 Å². The van der Waals surface area contributed by atoms with E-state index in [1.54, 1.807) is 30.3 Å². The van der Waals surface area contributed by atoms with Gasteiger partial charge < -0.3 is 9.47 Å². The number of rotatable bonds is 7. The Labute approximate surface area is 164 Å². The molecule has 0 aliphatic heterocycles. The average molecular weight is 393 g/mol. The zero-order valence-corrected chi connectivity index (χ0v) is 15.2. The first kappa shape index (κ1) is 19.6. The van der Waals surface area contributed by atoms with Crippen LogP contribution in [0, 0.1) is 17.1 Å². The highest BCUT2D eigenvalue weighted by molar-refractivity contribution is 5.55. The van der Waals surface area contributed by atoms with Crippen LogP contribution >= 0.6 is 0 Å². The molecule has 146 valence electrons. The Hall–Kier alpha value is -4.12. The number of halogens is 1. The van der Waals surface area contributed by atoms with Gasteiger partial charge in [0.25, 0.3) is 5.56 Å². The normalized spacial score (nSPS) is 10.6. The summed E-state index contributed by atoms with van der Waals surface area (Å²) in [6, 6.07) is 14.0. The number of allylic oxidation sites excluding steroid dienone is 1. The van der Waals surface area contributed by atoms with Gasteiger partial charge in [-0.05, 0) is 35.9 Å². The van der Waals surface area contributed by atoms with Gasteiger partial charge in [-0.25, -0.2) is 9.18 Å². The van der Waals surface area contributed by atoms with E-state index in [1.807, 2.05) is 6.07 Å². The maximum atomic E-state index is 13.8. The first-order valence-electron chi connectivity index (χ1n) is 8.61. The molecule has 7 nitrogen and oxygen atoms in total. The molecule has 3 rings (SSSR count). The molecule has 0 saturated carbocycles. The summed E-state index contributed by atoms with van der Waals surface area (Å²) in [5.74, 6) is 0.511. The van der Waals surface area contributed by atoms with Gasteiger partial charge in [-0.1, -0.05) is 12.1 Å². The van der Waals surface area contributed by atoms with Crippen LogP contribution in [-0.2, 0) is 6.54 Å². The van der Waals surface area contributed by atoms with Crippen molar-refractivity contribution >= 4 is 6.08 Å². The number of nitrogens with one attached hydrogen (secondary N) is 1. The lowest BCUT2D eigenvalue weighted by molar-refractivity contribution is 0.283. The van der Waals surface area contributed by atoms with Crippen molar-refractivity contribution in [1.82, 2.24) is 9.55 Å². The van der Waals surface area contributed by atoms with E-state index < -0.39 is 17.1 Å². The maximum absolute atomic E-state index is 13.8. The molecule has 3 aromatic rings. The Kier molecular flexibility index (Phi) is 6.22. The molecule has 1 N–H and O–H groups in total. The largest absolute Gasteiger partial charge is 0.488 e. The molecule has 8 heteroatoms. The molecule has 0 amide bonds. The lowest BCUT2D eigenvalue weighted by Crippen LogP contribution is -2.30.